The first-order valence-electron chi connectivity index (χ1n) is 5.45. The molecule has 0 radical (unpaired) electrons. The van der Waals surface area contributed by atoms with Crippen LogP contribution in [0.1, 0.15) is 20.3 Å². The maximum Gasteiger partial charge on any atom is 0.302 e. The van der Waals surface area contributed by atoms with Gasteiger partial charge in [-0.05, 0) is 17.5 Å². The summed E-state index contributed by atoms with van der Waals surface area (Å²) in [7, 11) is 0. The molecule has 1 aliphatic carbocycles. The predicted molar refractivity (Wildman–Crippen MR) is 61.2 cm³/mol. The van der Waals surface area contributed by atoms with Crippen molar-refractivity contribution in [1.82, 2.24) is 0 Å². The van der Waals surface area contributed by atoms with E-state index in [0.717, 1.165) is 0 Å². The van der Waals surface area contributed by atoms with Gasteiger partial charge in [-0.3, -0.25) is 4.79 Å². The first-order chi connectivity index (χ1) is 8.51. The predicted octanol–water partition coefficient (Wildman–Crippen LogP) is 1.68. The topological polar surface area (TPSA) is 144 Å². The Kier molecular flexibility index (Phi) is 4.79. The molecule has 9 nitrogen and oxygen atoms in total. The highest BCUT2D eigenvalue weighted by Gasteiger charge is 2.43. The van der Waals surface area contributed by atoms with Gasteiger partial charge in [0, 0.05) is 22.7 Å². The molecule has 0 bridgehead atoms. The number of ether oxygens (including phenoxy) is 1. The van der Waals surface area contributed by atoms with Gasteiger partial charge in [-0.1, -0.05) is 17.2 Å². The van der Waals surface area contributed by atoms with E-state index in [4.69, 9.17) is 15.8 Å². The van der Waals surface area contributed by atoms with Crippen LogP contribution in [0.15, 0.2) is 10.2 Å². The third kappa shape index (κ3) is 3.04. The minimum Gasteiger partial charge on any atom is -0.462 e. The van der Waals surface area contributed by atoms with E-state index < -0.39 is 36.2 Å². The van der Waals surface area contributed by atoms with Crippen molar-refractivity contribution >= 4 is 5.97 Å². The van der Waals surface area contributed by atoms with Crippen LogP contribution >= 0.6 is 0 Å². The number of carbonyl (C=O) groups is 1. The molecule has 1 saturated carbocycles. The number of aliphatic hydroxyl groups is 1. The summed E-state index contributed by atoms with van der Waals surface area (Å²) in [6, 6.07) is -1.33. The third-order valence-corrected chi connectivity index (χ3v) is 3.02. The molecule has 1 N–H and O–H groups in total. The van der Waals surface area contributed by atoms with Gasteiger partial charge in [-0.25, -0.2) is 0 Å². The van der Waals surface area contributed by atoms with Crippen LogP contribution in [-0.2, 0) is 9.53 Å². The lowest BCUT2D eigenvalue weighted by Gasteiger charge is -2.39. The summed E-state index contributed by atoms with van der Waals surface area (Å²) in [4.78, 5) is 16.3. The molecule has 2 unspecified atom stereocenters. The minimum absolute atomic E-state index is 0.150. The Morgan fingerprint density at radius 3 is 2.39 bits per heavy atom. The second kappa shape index (κ2) is 6.11. The number of hydrogen-bond acceptors (Lipinski definition) is 5. The number of nitrogens with zero attached hydrogens (tertiary/aromatic N) is 6. The molecule has 0 amide bonds. The van der Waals surface area contributed by atoms with Crippen LogP contribution in [0.5, 0.6) is 0 Å². The van der Waals surface area contributed by atoms with Crippen LogP contribution in [-0.4, -0.2) is 35.4 Å². The molecule has 5 atom stereocenters. The zero-order valence-corrected chi connectivity index (χ0v) is 10.0. The highest BCUT2D eigenvalue weighted by atomic mass is 16.5. The van der Waals surface area contributed by atoms with Crippen molar-refractivity contribution in [2.24, 2.45) is 16.1 Å². The number of hydrogen-bond donors (Lipinski definition) is 1. The molecule has 1 aliphatic rings. The average Bonchev–Trinajstić information content (AvgIpc) is 2.31. The maximum absolute atomic E-state index is 11.0. The minimum atomic E-state index is -0.935. The number of aliphatic hydroxyl groups excluding tert-OH is 1. The van der Waals surface area contributed by atoms with Gasteiger partial charge in [0.2, 0.25) is 0 Å². The summed E-state index contributed by atoms with van der Waals surface area (Å²) in [5.41, 5.74) is 16.9. The zero-order chi connectivity index (χ0) is 13.7. The van der Waals surface area contributed by atoms with Crippen LogP contribution in [0.25, 0.3) is 20.9 Å². The van der Waals surface area contributed by atoms with Crippen LogP contribution in [0.4, 0.5) is 0 Å². The standard InChI is InChI=1S/C9H14N6O3/c1-4-8(17)6(12-14-10)3-7(13-15-11)9(4)18-5(2)16/h4,6-9,17H,3H2,1-2H3/t4-,6?,7+,8-,9?/m0/s1. The summed E-state index contributed by atoms with van der Waals surface area (Å²) in [5.74, 6) is -0.993. The molecule has 0 aromatic carbocycles. The van der Waals surface area contributed by atoms with E-state index in [1.165, 1.54) is 6.92 Å². The Labute approximate surface area is 103 Å². The van der Waals surface area contributed by atoms with E-state index in [1.807, 2.05) is 0 Å². The Hall–Kier alpha value is -1.95. The molecule has 0 saturated heterocycles. The molecule has 9 heteroatoms. The molecule has 18 heavy (non-hydrogen) atoms. The van der Waals surface area contributed by atoms with Gasteiger partial charge >= 0.3 is 5.97 Å². The Morgan fingerprint density at radius 2 is 1.89 bits per heavy atom. The maximum atomic E-state index is 11.0. The first-order valence-corrected chi connectivity index (χ1v) is 5.45. The largest absolute Gasteiger partial charge is 0.462 e. The van der Waals surface area contributed by atoms with Gasteiger partial charge in [-0.15, -0.1) is 0 Å². The van der Waals surface area contributed by atoms with Gasteiger partial charge in [0.05, 0.1) is 18.2 Å². The molecule has 0 heterocycles. The first kappa shape index (κ1) is 14.1. The molecule has 1 fully saturated rings. The monoisotopic (exact) mass is 254 g/mol. The second-order valence-electron chi connectivity index (χ2n) is 4.20. The lowest BCUT2D eigenvalue weighted by atomic mass is 9.79. The lowest BCUT2D eigenvalue weighted by Crippen LogP contribution is -2.51. The summed E-state index contributed by atoms with van der Waals surface area (Å²) in [6.07, 6.45) is -1.49. The van der Waals surface area contributed by atoms with Crippen molar-refractivity contribution in [3.05, 3.63) is 20.9 Å². The van der Waals surface area contributed by atoms with Crippen LogP contribution in [0.3, 0.4) is 0 Å². The van der Waals surface area contributed by atoms with E-state index in [2.05, 4.69) is 20.1 Å². The average molecular weight is 254 g/mol. The molecule has 0 spiro atoms. The van der Waals surface area contributed by atoms with Crippen molar-refractivity contribution in [3.63, 3.8) is 0 Å². The summed E-state index contributed by atoms with van der Waals surface area (Å²) < 4.78 is 5.07. The number of esters is 1. The highest BCUT2D eigenvalue weighted by Crippen LogP contribution is 2.31. The summed E-state index contributed by atoms with van der Waals surface area (Å²) in [5, 5.41) is 17.0. The van der Waals surface area contributed by atoms with Crippen molar-refractivity contribution in [2.45, 2.75) is 44.6 Å². The van der Waals surface area contributed by atoms with Crippen LogP contribution in [0.2, 0.25) is 0 Å². The van der Waals surface area contributed by atoms with Crippen LogP contribution < -0.4 is 0 Å². The normalized spacial score (nSPS) is 34.9. The second-order valence-corrected chi connectivity index (χ2v) is 4.20. The van der Waals surface area contributed by atoms with E-state index in [-0.39, 0.29) is 6.42 Å². The van der Waals surface area contributed by atoms with Gasteiger partial charge in [0.25, 0.3) is 0 Å². The van der Waals surface area contributed by atoms with E-state index in [1.54, 1.807) is 6.92 Å². The molecular weight excluding hydrogens is 240 g/mol. The van der Waals surface area contributed by atoms with Crippen molar-refractivity contribution < 1.29 is 14.6 Å². The molecule has 98 valence electrons. The van der Waals surface area contributed by atoms with E-state index in [9.17, 15) is 9.90 Å². The Bertz CT molecular complexity index is 415. The van der Waals surface area contributed by atoms with Gasteiger partial charge < -0.3 is 9.84 Å². The fraction of sp³-hybridized carbons (Fsp3) is 0.889. The number of rotatable bonds is 3. The van der Waals surface area contributed by atoms with Gasteiger partial charge in [-0.2, -0.15) is 0 Å². The molecule has 0 aromatic heterocycles. The molecule has 1 rings (SSSR count). The SMILES string of the molecule is CC(=O)OC1[C@@H](C)[C@H](O)C(N=[N+]=[N-])C[C@H]1N=[N+]=[N-]. The summed E-state index contributed by atoms with van der Waals surface area (Å²) >= 11 is 0. The van der Waals surface area contributed by atoms with Crippen molar-refractivity contribution in [2.75, 3.05) is 0 Å². The fourth-order valence-corrected chi connectivity index (χ4v) is 2.15. The van der Waals surface area contributed by atoms with Crippen molar-refractivity contribution in [3.8, 4) is 0 Å². The highest BCUT2D eigenvalue weighted by molar-refractivity contribution is 5.66. The molecular formula is C9H14N6O3. The fourth-order valence-electron chi connectivity index (χ4n) is 2.15. The van der Waals surface area contributed by atoms with Crippen molar-refractivity contribution in [1.29, 1.82) is 0 Å². The quantitative estimate of drug-likeness (QED) is 0.354. The number of carbonyl (C=O) groups excluding carboxylic acids is 1. The Balaban J connectivity index is 2.98. The van der Waals surface area contributed by atoms with E-state index in [0.29, 0.717) is 0 Å². The van der Waals surface area contributed by atoms with Gasteiger partial charge in [0.1, 0.15) is 6.10 Å². The molecule has 0 aliphatic heterocycles. The van der Waals surface area contributed by atoms with Gasteiger partial charge in [0.15, 0.2) is 0 Å². The van der Waals surface area contributed by atoms with E-state index >= 15 is 0 Å². The smallest absolute Gasteiger partial charge is 0.302 e. The summed E-state index contributed by atoms with van der Waals surface area (Å²) in [6.45, 7) is 2.89. The third-order valence-electron chi connectivity index (χ3n) is 3.02. The zero-order valence-electron chi connectivity index (χ0n) is 10.0. The Morgan fingerprint density at radius 1 is 1.33 bits per heavy atom. The number of azide groups is 2. The lowest BCUT2D eigenvalue weighted by molar-refractivity contribution is -0.156. The molecule has 0 aromatic rings. The van der Waals surface area contributed by atoms with Crippen LogP contribution in [0, 0.1) is 5.92 Å².